The number of aliphatic hydroxyl groups is 1. The Morgan fingerprint density at radius 3 is 2.71 bits per heavy atom. The highest BCUT2D eigenvalue weighted by Crippen LogP contribution is 2.34. The third-order valence-electron chi connectivity index (χ3n) is 4.35. The fraction of sp³-hybridized carbons (Fsp3) is 0.400. The summed E-state index contributed by atoms with van der Waals surface area (Å²) in [6.45, 7) is 2.38. The van der Waals surface area contributed by atoms with E-state index in [1.807, 2.05) is 55.5 Å². The number of ether oxygens (including phenoxy) is 3. The molecule has 0 aliphatic carbocycles. The van der Waals surface area contributed by atoms with Crippen LogP contribution in [0.15, 0.2) is 57.9 Å². The fourth-order valence-electron chi connectivity index (χ4n) is 2.74. The summed E-state index contributed by atoms with van der Waals surface area (Å²) in [4.78, 5) is 0.873. The molecule has 5 atom stereocenters. The van der Waals surface area contributed by atoms with E-state index in [0.717, 1.165) is 14.9 Å². The van der Waals surface area contributed by atoms with Gasteiger partial charge in [-0.05, 0) is 41.1 Å². The van der Waals surface area contributed by atoms with Crippen molar-refractivity contribution in [1.29, 1.82) is 0 Å². The molecule has 0 amide bonds. The lowest BCUT2D eigenvalue weighted by Gasteiger charge is -2.37. The van der Waals surface area contributed by atoms with Gasteiger partial charge >= 0.3 is 0 Å². The van der Waals surface area contributed by atoms with Gasteiger partial charge in [0.05, 0.1) is 17.7 Å². The summed E-state index contributed by atoms with van der Waals surface area (Å²) < 4.78 is 18.8. The predicted octanol–water partition coefficient (Wildman–Crippen LogP) is 4.36. The number of thioether (sulfide) groups is 1. The van der Waals surface area contributed by atoms with Crippen molar-refractivity contribution < 1.29 is 19.3 Å². The number of aliphatic hydroxyl groups excluding tert-OH is 1. The van der Waals surface area contributed by atoms with Gasteiger partial charge in [0, 0.05) is 21.5 Å². The van der Waals surface area contributed by atoms with Gasteiger partial charge in [-0.2, -0.15) is 0 Å². The molecular formula is C20H23BrClNO4S. The summed E-state index contributed by atoms with van der Waals surface area (Å²) in [5, 5.41) is 10.9. The Bertz CT molecular complexity index is 769. The lowest BCUT2D eigenvalue weighted by atomic mass is 10.1. The Labute approximate surface area is 182 Å². The monoisotopic (exact) mass is 487 g/mol. The molecule has 1 aliphatic heterocycles. The maximum atomic E-state index is 10.4. The standard InChI is InChI=1S/C20H23BrClNO4S/c1-12-18(11-25-19(26-12)13-5-3-2-4-6-13)27-20(17(24)10-23)28-14-7-8-15(21)16(22)9-14/h2-9,12,17-20,24H,10-11,23H2,1H3/t12-,17+,18?,19?,20?/m1/s1. The highest BCUT2D eigenvalue weighted by molar-refractivity contribution is 9.10. The van der Waals surface area contributed by atoms with E-state index < -0.39 is 17.8 Å². The predicted molar refractivity (Wildman–Crippen MR) is 114 cm³/mol. The highest BCUT2D eigenvalue weighted by atomic mass is 79.9. The van der Waals surface area contributed by atoms with Crippen molar-refractivity contribution in [3.05, 3.63) is 63.6 Å². The first-order chi connectivity index (χ1) is 13.5. The molecule has 1 aliphatic rings. The lowest BCUT2D eigenvalue weighted by molar-refractivity contribution is -0.266. The van der Waals surface area contributed by atoms with Gasteiger partial charge in [0.15, 0.2) is 6.29 Å². The van der Waals surface area contributed by atoms with Crippen molar-refractivity contribution in [2.75, 3.05) is 13.2 Å². The molecule has 1 heterocycles. The van der Waals surface area contributed by atoms with E-state index in [-0.39, 0.29) is 18.8 Å². The van der Waals surface area contributed by atoms with Crippen LogP contribution in [0.4, 0.5) is 0 Å². The van der Waals surface area contributed by atoms with Crippen molar-refractivity contribution in [3.8, 4) is 0 Å². The lowest BCUT2D eigenvalue weighted by Crippen LogP contribution is -2.45. The average Bonchev–Trinajstić information content (AvgIpc) is 2.71. The number of hydrogen-bond acceptors (Lipinski definition) is 6. The quantitative estimate of drug-likeness (QED) is 0.446. The van der Waals surface area contributed by atoms with Crippen LogP contribution in [0, 0.1) is 0 Å². The van der Waals surface area contributed by atoms with Gasteiger partial charge in [-0.3, -0.25) is 0 Å². The summed E-state index contributed by atoms with van der Waals surface area (Å²) in [5.74, 6) is 0. The molecule has 8 heteroatoms. The number of halogens is 2. The molecule has 0 aromatic heterocycles. The van der Waals surface area contributed by atoms with Crippen LogP contribution in [0.3, 0.4) is 0 Å². The Morgan fingerprint density at radius 2 is 2.07 bits per heavy atom. The molecular weight excluding hydrogens is 466 g/mol. The molecule has 1 saturated heterocycles. The van der Waals surface area contributed by atoms with E-state index in [4.69, 9.17) is 31.5 Å². The van der Waals surface area contributed by atoms with Gasteiger partial charge in [0.1, 0.15) is 17.6 Å². The number of rotatable bonds is 7. The van der Waals surface area contributed by atoms with E-state index >= 15 is 0 Å². The molecule has 2 aromatic rings. The molecule has 152 valence electrons. The first-order valence-electron chi connectivity index (χ1n) is 8.95. The Morgan fingerprint density at radius 1 is 1.32 bits per heavy atom. The molecule has 2 aromatic carbocycles. The molecule has 3 rings (SSSR count). The van der Waals surface area contributed by atoms with Crippen LogP contribution in [-0.4, -0.2) is 42.0 Å². The number of nitrogens with two attached hydrogens (primary N) is 1. The Balaban J connectivity index is 1.65. The van der Waals surface area contributed by atoms with Crippen molar-refractivity contribution in [2.24, 2.45) is 5.73 Å². The average molecular weight is 489 g/mol. The Kier molecular flexibility index (Phi) is 8.20. The topological polar surface area (TPSA) is 73.9 Å². The third kappa shape index (κ3) is 5.70. The van der Waals surface area contributed by atoms with Crippen LogP contribution in [0.25, 0.3) is 0 Å². The molecule has 1 fully saturated rings. The zero-order valence-electron chi connectivity index (χ0n) is 15.3. The smallest absolute Gasteiger partial charge is 0.184 e. The summed E-state index contributed by atoms with van der Waals surface area (Å²) in [6.07, 6.45) is -1.80. The summed E-state index contributed by atoms with van der Waals surface area (Å²) in [5.41, 5.74) is 6.07. The summed E-state index contributed by atoms with van der Waals surface area (Å²) >= 11 is 10.9. The van der Waals surface area contributed by atoms with Gasteiger partial charge in [-0.15, -0.1) is 0 Å². The number of benzene rings is 2. The van der Waals surface area contributed by atoms with Gasteiger partial charge in [0.2, 0.25) is 0 Å². The molecule has 5 nitrogen and oxygen atoms in total. The van der Waals surface area contributed by atoms with Crippen LogP contribution in [0.5, 0.6) is 0 Å². The second-order valence-electron chi connectivity index (χ2n) is 6.46. The summed E-state index contributed by atoms with van der Waals surface area (Å²) in [7, 11) is 0. The van der Waals surface area contributed by atoms with Gasteiger partial charge < -0.3 is 25.1 Å². The largest absolute Gasteiger partial charge is 0.388 e. The van der Waals surface area contributed by atoms with E-state index in [0.29, 0.717) is 11.6 Å². The van der Waals surface area contributed by atoms with Crippen LogP contribution in [-0.2, 0) is 14.2 Å². The minimum absolute atomic E-state index is 0.0807. The second-order valence-corrected chi connectivity index (χ2v) is 8.89. The van der Waals surface area contributed by atoms with Crippen molar-refractivity contribution in [1.82, 2.24) is 0 Å². The molecule has 0 bridgehead atoms. The fourth-order valence-corrected chi connectivity index (χ4v) is 4.30. The SMILES string of the molecule is C[C@H]1OC(c2ccccc2)OCC1OC(Sc1ccc(Br)c(Cl)c1)[C@@H](O)CN. The molecule has 0 spiro atoms. The van der Waals surface area contributed by atoms with Crippen LogP contribution < -0.4 is 5.73 Å². The van der Waals surface area contributed by atoms with E-state index in [1.54, 1.807) is 0 Å². The van der Waals surface area contributed by atoms with Gasteiger partial charge in [-0.25, -0.2) is 0 Å². The van der Waals surface area contributed by atoms with E-state index in [9.17, 15) is 5.11 Å². The normalized spacial score (nSPS) is 24.7. The van der Waals surface area contributed by atoms with E-state index in [2.05, 4.69) is 15.9 Å². The molecule has 28 heavy (non-hydrogen) atoms. The van der Waals surface area contributed by atoms with Crippen LogP contribution in [0.1, 0.15) is 18.8 Å². The van der Waals surface area contributed by atoms with Crippen LogP contribution >= 0.6 is 39.3 Å². The van der Waals surface area contributed by atoms with E-state index in [1.165, 1.54) is 11.8 Å². The minimum Gasteiger partial charge on any atom is -0.388 e. The van der Waals surface area contributed by atoms with Crippen molar-refractivity contribution in [3.63, 3.8) is 0 Å². The molecule has 3 N–H and O–H groups in total. The maximum absolute atomic E-state index is 10.4. The van der Waals surface area contributed by atoms with Gasteiger partial charge in [0.25, 0.3) is 0 Å². The maximum Gasteiger partial charge on any atom is 0.184 e. The molecule has 0 saturated carbocycles. The third-order valence-corrected chi connectivity index (χ3v) is 6.77. The summed E-state index contributed by atoms with van der Waals surface area (Å²) in [6, 6.07) is 15.4. The van der Waals surface area contributed by atoms with Crippen molar-refractivity contribution in [2.45, 2.75) is 41.9 Å². The first-order valence-corrected chi connectivity index (χ1v) is 11.0. The zero-order valence-corrected chi connectivity index (χ0v) is 18.5. The zero-order chi connectivity index (χ0) is 20.1. The first kappa shape index (κ1) is 22.1. The Hall–Kier alpha value is -0.640. The molecule has 0 radical (unpaired) electrons. The molecule has 3 unspecified atom stereocenters. The highest BCUT2D eigenvalue weighted by Gasteiger charge is 2.34. The van der Waals surface area contributed by atoms with Crippen molar-refractivity contribution >= 4 is 39.3 Å². The van der Waals surface area contributed by atoms with Crippen LogP contribution in [0.2, 0.25) is 5.02 Å². The van der Waals surface area contributed by atoms with Gasteiger partial charge in [-0.1, -0.05) is 53.7 Å². The number of hydrogen-bond donors (Lipinski definition) is 2. The second kappa shape index (κ2) is 10.4. The minimum atomic E-state index is -0.841.